The molecular weight excluding hydrogens is 294 g/mol. The van der Waals surface area contributed by atoms with E-state index in [2.05, 4.69) is 15.6 Å². The average Bonchev–Trinajstić information content (AvgIpc) is 2.52. The van der Waals surface area contributed by atoms with Crippen LogP contribution in [0.4, 0.5) is 0 Å². The number of nitrogens with zero attached hydrogens (tertiary/aromatic N) is 1. The van der Waals surface area contributed by atoms with E-state index >= 15 is 0 Å². The van der Waals surface area contributed by atoms with E-state index in [0.29, 0.717) is 18.7 Å². The van der Waals surface area contributed by atoms with Crippen LogP contribution in [-0.4, -0.2) is 43.6 Å². The molecule has 0 spiro atoms. The highest BCUT2D eigenvalue weighted by Gasteiger charge is 2.13. The number of hydrogen-bond donors (Lipinski definition) is 2. The lowest BCUT2D eigenvalue weighted by atomic mass is 10.0. The number of methoxy groups -OCH3 is 1. The maximum Gasteiger partial charge on any atom is 0.252 e. The van der Waals surface area contributed by atoms with Crippen molar-refractivity contribution in [3.63, 3.8) is 0 Å². The number of ether oxygens (including phenoxy) is 1. The number of hydrogen-bond acceptors (Lipinski definition) is 4. The minimum Gasteiger partial charge on any atom is -0.383 e. The molecule has 122 valence electrons. The lowest BCUT2D eigenvalue weighted by molar-refractivity contribution is -0.120. The Hall–Kier alpha value is -2.47. The van der Waals surface area contributed by atoms with Gasteiger partial charge in [-0.25, -0.2) is 0 Å². The van der Waals surface area contributed by atoms with Crippen molar-refractivity contribution in [1.29, 1.82) is 0 Å². The quantitative estimate of drug-likeness (QED) is 0.789. The zero-order chi connectivity index (χ0) is 16.8. The molecule has 1 heterocycles. The molecule has 0 atom stereocenters. The van der Waals surface area contributed by atoms with Crippen molar-refractivity contribution < 1.29 is 14.3 Å². The van der Waals surface area contributed by atoms with E-state index < -0.39 is 0 Å². The molecule has 2 amide bonds. The number of benzene rings is 1. The van der Waals surface area contributed by atoms with Crippen molar-refractivity contribution in [3.05, 3.63) is 41.1 Å². The maximum absolute atomic E-state index is 12.4. The zero-order valence-corrected chi connectivity index (χ0v) is 13.6. The van der Waals surface area contributed by atoms with E-state index in [-0.39, 0.29) is 18.4 Å². The summed E-state index contributed by atoms with van der Waals surface area (Å²) in [7, 11) is 1.56. The van der Waals surface area contributed by atoms with Crippen LogP contribution in [0.5, 0.6) is 0 Å². The third kappa shape index (κ3) is 4.50. The van der Waals surface area contributed by atoms with Crippen LogP contribution in [0, 0.1) is 13.8 Å². The van der Waals surface area contributed by atoms with Gasteiger partial charge in [-0.3, -0.25) is 14.6 Å². The van der Waals surface area contributed by atoms with Crippen LogP contribution in [-0.2, 0) is 9.53 Å². The molecule has 0 aliphatic heterocycles. The molecule has 0 aliphatic carbocycles. The molecule has 1 aromatic heterocycles. The van der Waals surface area contributed by atoms with Gasteiger partial charge in [0.05, 0.1) is 24.2 Å². The van der Waals surface area contributed by atoms with Crippen molar-refractivity contribution >= 4 is 22.7 Å². The normalized spacial score (nSPS) is 10.6. The van der Waals surface area contributed by atoms with Crippen LogP contribution >= 0.6 is 0 Å². The Kier molecular flexibility index (Phi) is 5.65. The summed E-state index contributed by atoms with van der Waals surface area (Å²) in [5, 5.41) is 6.09. The van der Waals surface area contributed by atoms with Gasteiger partial charge in [0, 0.05) is 24.7 Å². The maximum atomic E-state index is 12.4. The fraction of sp³-hybridized carbons (Fsp3) is 0.353. The number of carbonyl (C=O) groups excluding carboxylic acids is 2. The first-order valence-electron chi connectivity index (χ1n) is 7.43. The molecule has 6 heteroatoms. The van der Waals surface area contributed by atoms with E-state index in [4.69, 9.17) is 4.74 Å². The Bertz CT molecular complexity index is 728. The molecule has 0 saturated carbocycles. The molecule has 0 saturated heterocycles. The number of pyridine rings is 1. The summed E-state index contributed by atoms with van der Waals surface area (Å²) in [6.07, 6.45) is 0. The van der Waals surface area contributed by atoms with Crippen LogP contribution < -0.4 is 10.6 Å². The van der Waals surface area contributed by atoms with Gasteiger partial charge < -0.3 is 15.4 Å². The average molecular weight is 315 g/mol. The van der Waals surface area contributed by atoms with Crippen LogP contribution in [0.25, 0.3) is 10.9 Å². The molecule has 6 nitrogen and oxygen atoms in total. The van der Waals surface area contributed by atoms with E-state index in [1.807, 2.05) is 32.0 Å². The predicted molar refractivity (Wildman–Crippen MR) is 88.4 cm³/mol. The summed E-state index contributed by atoms with van der Waals surface area (Å²) in [6.45, 7) is 4.59. The van der Waals surface area contributed by atoms with E-state index in [1.165, 1.54) is 0 Å². The number of carbonyl (C=O) groups is 2. The number of fused-ring (bicyclic) bond motifs is 1. The highest BCUT2D eigenvalue weighted by atomic mass is 16.5. The van der Waals surface area contributed by atoms with Crippen molar-refractivity contribution in [2.45, 2.75) is 13.8 Å². The minimum absolute atomic E-state index is 0.0722. The Labute approximate surface area is 135 Å². The topological polar surface area (TPSA) is 80.3 Å². The third-order valence-corrected chi connectivity index (χ3v) is 3.37. The van der Waals surface area contributed by atoms with Crippen LogP contribution in [0.2, 0.25) is 0 Å². The van der Waals surface area contributed by atoms with Crippen molar-refractivity contribution in [3.8, 4) is 0 Å². The van der Waals surface area contributed by atoms with Gasteiger partial charge in [0.1, 0.15) is 0 Å². The second-order valence-electron chi connectivity index (χ2n) is 5.36. The summed E-state index contributed by atoms with van der Waals surface area (Å²) >= 11 is 0. The van der Waals surface area contributed by atoms with Gasteiger partial charge in [-0.15, -0.1) is 0 Å². The monoisotopic (exact) mass is 315 g/mol. The Balaban J connectivity index is 2.11. The van der Waals surface area contributed by atoms with Crippen LogP contribution in [0.15, 0.2) is 24.3 Å². The molecule has 0 unspecified atom stereocenters. The SMILES string of the molecule is COCCNC(=O)CNC(=O)c1cc(C)nc2ccc(C)cc12. The molecule has 0 bridgehead atoms. The minimum atomic E-state index is -0.284. The van der Waals surface area contributed by atoms with Gasteiger partial charge in [0.15, 0.2) is 0 Å². The Morgan fingerprint density at radius 3 is 2.70 bits per heavy atom. The standard InChI is InChI=1S/C17H21N3O3/c1-11-4-5-15-13(8-11)14(9-12(2)20-15)17(22)19-10-16(21)18-6-7-23-3/h4-5,8-9H,6-7,10H2,1-3H3,(H,18,21)(H,19,22). The first kappa shape index (κ1) is 16.9. The molecule has 0 fully saturated rings. The zero-order valence-electron chi connectivity index (χ0n) is 13.6. The van der Waals surface area contributed by atoms with Crippen LogP contribution in [0.3, 0.4) is 0 Å². The molecule has 0 aliphatic rings. The largest absolute Gasteiger partial charge is 0.383 e. The summed E-state index contributed by atoms with van der Waals surface area (Å²) in [4.78, 5) is 28.5. The molecule has 1 aromatic carbocycles. The molecule has 0 radical (unpaired) electrons. The fourth-order valence-corrected chi connectivity index (χ4v) is 2.27. The van der Waals surface area contributed by atoms with E-state index in [1.54, 1.807) is 13.2 Å². The first-order valence-corrected chi connectivity index (χ1v) is 7.43. The lowest BCUT2D eigenvalue weighted by Gasteiger charge is -2.10. The molecule has 2 aromatic rings. The van der Waals surface area contributed by atoms with Gasteiger partial charge in [0.2, 0.25) is 5.91 Å². The number of aryl methyl sites for hydroxylation is 2. The number of amides is 2. The highest BCUT2D eigenvalue weighted by Crippen LogP contribution is 2.19. The van der Waals surface area contributed by atoms with Crippen LogP contribution in [0.1, 0.15) is 21.6 Å². The molecule has 23 heavy (non-hydrogen) atoms. The van der Waals surface area contributed by atoms with Gasteiger partial charge in [0.25, 0.3) is 5.91 Å². The Morgan fingerprint density at radius 2 is 1.96 bits per heavy atom. The van der Waals surface area contributed by atoms with E-state index in [0.717, 1.165) is 22.2 Å². The van der Waals surface area contributed by atoms with Gasteiger partial charge in [-0.2, -0.15) is 0 Å². The van der Waals surface area contributed by atoms with Gasteiger partial charge >= 0.3 is 0 Å². The number of aromatic nitrogens is 1. The third-order valence-electron chi connectivity index (χ3n) is 3.37. The second kappa shape index (κ2) is 7.69. The van der Waals surface area contributed by atoms with E-state index in [9.17, 15) is 9.59 Å². The fourth-order valence-electron chi connectivity index (χ4n) is 2.27. The Morgan fingerprint density at radius 1 is 1.17 bits per heavy atom. The first-order chi connectivity index (χ1) is 11.0. The van der Waals surface area contributed by atoms with Crippen molar-refractivity contribution in [1.82, 2.24) is 15.6 Å². The highest BCUT2D eigenvalue weighted by molar-refractivity contribution is 6.07. The lowest BCUT2D eigenvalue weighted by Crippen LogP contribution is -2.38. The number of nitrogens with one attached hydrogen (secondary N) is 2. The summed E-state index contributed by atoms with van der Waals surface area (Å²) < 4.78 is 4.85. The van der Waals surface area contributed by atoms with Gasteiger partial charge in [-0.05, 0) is 32.0 Å². The molecule has 2 N–H and O–H groups in total. The molecule has 2 rings (SSSR count). The summed E-state index contributed by atoms with van der Waals surface area (Å²) in [5.74, 6) is -0.533. The summed E-state index contributed by atoms with van der Waals surface area (Å²) in [6, 6.07) is 7.51. The summed E-state index contributed by atoms with van der Waals surface area (Å²) in [5.41, 5.74) is 3.11. The van der Waals surface area contributed by atoms with Crippen molar-refractivity contribution in [2.75, 3.05) is 26.8 Å². The number of rotatable bonds is 6. The predicted octanol–water partition coefficient (Wildman–Crippen LogP) is 1.34. The van der Waals surface area contributed by atoms with Gasteiger partial charge in [-0.1, -0.05) is 11.6 Å². The second-order valence-corrected chi connectivity index (χ2v) is 5.36. The molecular formula is C17H21N3O3. The smallest absolute Gasteiger partial charge is 0.252 e. The van der Waals surface area contributed by atoms with Crippen molar-refractivity contribution in [2.24, 2.45) is 0 Å².